The Morgan fingerprint density at radius 2 is 1.48 bits per heavy atom. The van der Waals surface area contributed by atoms with E-state index in [-0.39, 0.29) is 23.5 Å². The first-order valence-electron chi connectivity index (χ1n) is 10.2. The lowest BCUT2D eigenvalue weighted by atomic mass is 10.1. The minimum atomic E-state index is -3.63. The van der Waals surface area contributed by atoms with Gasteiger partial charge in [0.2, 0.25) is 16.0 Å². The first-order chi connectivity index (χ1) is 15.9. The van der Waals surface area contributed by atoms with Gasteiger partial charge in [-0.05, 0) is 35.4 Å². The van der Waals surface area contributed by atoms with Crippen LogP contribution < -0.4 is 15.1 Å². The second-order valence-corrected chi connectivity index (χ2v) is 9.29. The van der Waals surface area contributed by atoms with E-state index < -0.39 is 15.9 Å². The molecule has 2 heterocycles. The highest BCUT2D eigenvalue weighted by Gasteiger charge is 2.29. The average Bonchev–Trinajstić information content (AvgIpc) is 2.88. The van der Waals surface area contributed by atoms with Crippen molar-refractivity contribution in [1.29, 1.82) is 0 Å². The molecule has 11 heteroatoms. The van der Waals surface area contributed by atoms with E-state index in [1.54, 1.807) is 31.4 Å². The molecule has 1 saturated heterocycles. The first kappa shape index (κ1) is 22.6. The van der Waals surface area contributed by atoms with Crippen molar-refractivity contribution in [3.05, 3.63) is 66.5 Å². The molecule has 0 atom stereocenters. The molecule has 172 valence electrons. The van der Waals surface area contributed by atoms with Crippen LogP contribution in [0.25, 0.3) is 11.1 Å². The molecule has 0 radical (unpaired) electrons. The molecule has 10 nitrogen and oxygen atoms in total. The Morgan fingerprint density at radius 1 is 0.939 bits per heavy atom. The molecule has 0 saturated carbocycles. The molecule has 1 aliphatic heterocycles. The van der Waals surface area contributed by atoms with Crippen LogP contribution in [0.5, 0.6) is 5.75 Å². The fraction of sp³-hybridized carbons (Fsp3) is 0.227. The molecule has 2 N–H and O–H groups in total. The maximum atomic E-state index is 13.1. The lowest BCUT2D eigenvalue weighted by Crippen LogP contribution is -2.49. The third kappa shape index (κ3) is 4.80. The summed E-state index contributed by atoms with van der Waals surface area (Å²) in [5.74, 6) is 0.454. The zero-order valence-electron chi connectivity index (χ0n) is 17.9. The highest BCUT2D eigenvalue weighted by Crippen LogP contribution is 2.25. The Kier molecular flexibility index (Phi) is 6.54. The molecule has 0 spiro atoms. The fourth-order valence-corrected chi connectivity index (χ4v) is 4.97. The highest BCUT2D eigenvalue weighted by atomic mass is 32.2. The maximum Gasteiger partial charge on any atom is 0.277 e. The van der Waals surface area contributed by atoms with E-state index in [4.69, 9.17) is 9.94 Å². The van der Waals surface area contributed by atoms with Gasteiger partial charge in [-0.3, -0.25) is 10.0 Å². The molecule has 1 aromatic heterocycles. The standard InChI is InChI=1S/C22H23N5O5S/c1-32-19-6-2-16(3-7-19)17-4-8-20(9-5-17)33(30,31)27-12-10-26(11-13-27)22-23-14-18(15-24-22)21(28)25-29/h2-9,14-15,29H,10-13H2,1H3,(H,25,28). The summed E-state index contributed by atoms with van der Waals surface area (Å²) in [6, 6.07) is 14.4. The summed E-state index contributed by atoms with van der Waals surface area (Å²) in [4.78, 5) is 21.7. The van der Waals surface area contributed by atoms with Crippen LogP contribution in [-0.4, -0.2) is 67.1 Å². The molecule has 3 aromatic rings. The number of sulfonamides is 1. The number of aromatic nitrogens is 2. The van der Waals surface area contributed by atoms with Crippen LogP contribution in [0.3, 0.4) is 0 Å². The van der Waals surface area contributed by atoms with Crippen LogP contribution in [-0.2, 0) is 10.0 Å². The number of nitrogens with zero attached hydrogens (tertiary/aromatic N) is 4. The van der Waals surface area contributed by atoms with E-state index in [1.165, 1.54) is 22.2 Å². The van der Waals surface area contributed by atoms with Crippen molar-refractivity contribution >= 4 is 21.9 Å². The first-order valence-corrected chi connectivity index (χ1v) is 11.6. The van der Waals surface area contributed by atoms with Crippen molar-refractivity contribution in [1.82, 2.24) is 19.8 Å². The number of hydrogen-bond donors (Lipinski definition) is 2. The van der Waals surface area contributed by atoms with Crippen LogP contribution in [0, 0.1) is 0 Å². The number of carbonyl (C=O) groups excluding carboxylic acids is 1. The number of benzene rings is 2. The van der Waals surface area contributed by atoms with E-state index >= 15 is 0 Å². The van der Waals surface area contributed by atoms with Crippen LogP contribution in [0.4, 0.5) is 5.95 Å². The number of ether oxygens (including phenoxy) is 1. The molecule has 33 heavy (non-hydrogen) atoms. The number of methoxy groups -OCH3 is 1. The van der Waals surface area contributed by atoms with E-state index in [0.717, 1.165) is 16.9 Å². The minimum absolute atomic E-state index is 0.126. The molecular weight excluding hydrogens is 446 g/mol. The lowest BCUT2D eigenvalue weighted by Gasteiger charge is -2.34. The summed E-state index contributed by atoms with van der Waals surface area (Å²) in [6.45, 7) is 1.39. The van der Waals surface area contributed by atoms with Crippen LogP contribution in [0.1, 0.15) is 10.4 Å². The van der Waals surface area contributed by atoms with Gasteiger partial charge in [0.25, 0.3) is 5.91 Å². The Balaban J connectivity index is 1.41. The Bertz CT molecular complexity index is 1210. The van der Waals surface area contributed by atoms with Crippen molar-refractivity contribution in [2.24, 2.45) is 0 Å². The van der Waals surface area contributed by atoms with Crippen molar-refractivity contribution < 1.29 is 23.2 Å². The van der Waals surface area contributed by atoms with Gasteiger partial charge >= 0.3 is 0 Å². The minimum Gasteiger partial charge on any atom is -0.497 e. The summed E-state index contributed by atoms with van der Waals surface area (Å²) in [5, 5.41) is 8.67. The highest BCUT2D eigenvalue weighted by molar-refractivity contribution is 7.89. The van der Waals surface area contributed by atoms with Crippen molar-refractivity contribution in [2.45, 2.75) is 4.90 Å². The number of amides is 1. The summed E-state index contributed by atoms with van der Waals surface area (Å²) >= 11 is 0. The van der Waals surface area contributed by atoms with E-state index in [1.807, 2.05) is 29.2 Å². The number of anilines is 1. The van der Waals surface area contributed by atoms with Crippen molar-refractivity contribution in [3.63, 3.8) is 0 Å². The van der Waals surface area contributed by atoms with Crippen molar-refractivity contribution in [3.8, 4) is 16.9 Å². The van der Waals surface area contributed by atoms with E-state index in [2.05, 4.69) is 9.97 Å². The van der Waals surface area contributed by atoms with Gasteiger partial charge in [-0.15, -0.1) is 0 Å². The van der Waals surface area contributed by atoms with Gasteiger partial charge in [0, 0.05) is 38.6 Å². The summed E-state index contributed by atoms with van der Waals surface area (Å²) in [5.41, 5.74) is 3.53. The number of piperazine rings is 1. The Hall–Kier alpha value is -3.54. The second kappa shape index (κ2) is 9.53. The normalized spacial score (nSPS) is 14.7. The van der Waals surface area contributed by atoms with Crippen LogP contribution in [0.2, 0.25) is 0 Å². The van der Waals surface area contributed by atoms with Gasteiger partial charge < -0.3 is 9.64 Å². The molecule has 1 amide bonds. The van der Waals surface area contributed by atoms with Crippen molar-refractivity contribution in [2.75, 3.05) is 38.2 Å². The van der Waals surface area contributed by atoms with Gasteiger partial charge in [-0.25, -0.2) is 23.9 Å². The summed E-state index contributed by atoms with van der Waals surface area (Å²) < 4.78 is 32.8. The van der Waals surface area contributed by atoms with E-state index in [0.29, 0.717) is 19.0 Å². The summed E-state index contributed by atoms with van der Waals surface area (Å²) in [6.07, 6.45) is 2.61. The Morgan fingerprint density at radius 3 is 2.00 bits per heavy atom. The molecule has 2 aromatic carbocycles. The molecule has 1 aliphatic rings. The summed E-state index contributed by atoms with van der Waals surface area (Å²) in [7, 11) is -2.03. The number of rotatable bonds is 6. The van der Waals surface area contributed by atoms with Gasteiger partial charge in [0.05, 0.1) is 17.6 Å². The number of hydroxylamine groups is 1. The quantitative estimate of drug-likeness (QED) is 0.414. The predicted octanol–water partition coefficient (Wildman–Crippen LogP) is 1.78. The SMILES string of the molecule is COc1ccc(-c2ccc(S(=O)(=O)N3CCN(c4ncc(C(=O)NO)cn4)CC3)cc2)cc1. The largest absolute Gasteiger partial charge is 0.497 e. The average molecular weight is 470 g/mol. The molecular formula is C22H23N5O5S. The monoisotopic (exact) mass is 469 g/mol. The number of hydrogen-bond acceptors (Lipinski definition) is 8. The third-order valence-corrected chi connectivity index (χ3v) is 7.35. The topological polar surface area (TPSA) is 125 Å². The molecule has 0 unspecified atom stereocenters. The molecule has 4 rings (SSSR count). The fourth-order valence-electron chi connectivity index (χ4n) is 3.55. The smallest absolute Gasteiger partial charge is 0.277 e. The maximum absolute atomic E-state index is 13.1. The van der Waals surface area contributed by atoms with Gasteiger partial charge in [0.15, 0.2) is 0 Å². The molecule has 1 fully saturated rings. The van der Waals surface area contributed by atoms with Crippen LogP contribution >= 0.6 is 0 Å². The Labute approximate surface area is 191 Å². The second-order valence-electron chi connectivity index (χ2n) is 7.36. The zero-order valence-corrected chi connectivity index (χ0v) is 18.7. The number of carbonyl (C=O) groups is 1. The van der Waals surface area contributed by atoms with Gasteiger partial charge in [-0.1, -0.05) is 24.3 Å². The zero-order chi connectivity index (χ0) is 23.4. The number of nitrogens with one attached hydrogen (secondary N) is 1. The van der Waals surface area contributed by atoms with E-state index in [9.17, 15) is 13.2 Å². The predicted molar refractivity (Wildman–Crippen MR) is 121 cm³/mol. The van der Waals surface area contributed by atoms with Gasteiger partial charge in [0.1, 0.15) is 5.75 Å². The third-order valence-electron chi connectivity index (χ3n) is 5.44. The molecule has 0 aliphatic carbocycles. The lowest BCUT2D eigenvalue weighted by molar-refractivity contribution is 0.0705. The van der Waals surface area contributed by atoms with Crippen LogP contribution in [0.15, 0.2) is 65.8 Å². The molecule has 0 bridgehead atoms. The van der Waals surface area contributed by atoms with Gasteiger partial charge in [-0.2, -0.15) is 4.31 Å².